The van der Waals surface area contributed by atoms with Gasteiger partial charge in [-0.3, -0.25) is 0 Å². The van der Waals surface area contributed by atoms with Crippen molar-refractivity contribution < 1.29 is 0 Å². The van der Waals surface area contributed by atoms with Crippen LogP contribution in [0.4, 0.5) is 0 Å². The van der Waals surface area contributed by atoms with Gasteiger partial charge in [0.15, 0.2) is 0 Å². The zero-order valence-electron chi connectivity index (χ0n) is 9.34. The quantitative estimate of drug-likeness (QED) is 0.445. The van der Waals surface area contributed by atoms with Gasteiger partial charge in [-0.2, -0.15) is 0 Å². The summed E-state index contributed by atoms with van der Waals surface area (Å²) in [5.41, 5.74) is 1.49. The molecule has 1 aromatic carbocycles. The molecule has 0 saturated heterocycles. The van der Waals surface area contributed by atoms with Crippen LogP contribution < -0.4 is 0 Å². The summed E-state index contributed by atoms with van der Waals surface area (Å²) in [6, 6.07) is 10.8. The van der Waals surface area contributed by atoms with E-state index in [9.17, 15) is 0 Å². The summed E-state index contributed by atoms with van der Waals surface area (Å²) < 4.78 is 0. The molecule has 72 valence electrons. The molecule has 0 unspecified atom stereocenters. The number of rotatable bonds is 7. The fourth-order valence-corrected chi connectivity index (χ4v) is 1.75. The van der Waals surface area contributed by atoms with E-state index in [0.29, 0.717) is 0 Å². The van der Waals surface area contributed by atoms with E-state index in [1.165, 1.54) is 49.2 Å². The van der Waals surface area contributed by atoms with E-state index in [0.717, 1.165) is 0 Å². The fraction of sp³-hybridized carbons (Fsp3) is 0.538. The Bertz CT molecular complexity index is 218. The molecule has 0 nitrogen and oxygen atoms in total. The van der Waals surface area contributed by atoms with Crippen LogP contribution in [-0.2, 0) is 6.42 Å². The maximum absolute atomic E-state index is 2.27. The van der Waals surface area contributed by atoms with Gasteiger partial charge in [0.2, 0.25) is 0 Å². The third-order valence-corrected chi connectivity index (χ3v) is 2.66. The van der Waals surface area contributed by atoms with Gasteiger partial charge in [-0.15, -0.1) is 0 Å². The van der Waals surface area contributed by atoms with Crippen LogP contribution >= 0.6 is 0 Å². The molecule has 1 rings (SSSR count). The van der Waals surface area contributed by atoms with E-state index in [2.05, 4.69) is 48.0 Å². The summed E-state index contributed by atoms with van der Waals surface area (Å²) in [4.78, 5) is 0. The molecule has 0 bridgehead atoms. The van der Waals surface area contributed by atoms with Crippen LogP contribution in [0.25, 0.3) is 0 Å². The minimum absolute atomic E-state index is 1.26. The topological polar surface area (TPSA) is 0 Å². The Morgan fingerprint density at radius 1 is 0.786 bits per heavy atom. The van der Waals surface area contributed by atoms with Gasteiger partial charge in [0.1, 0.15) is 0 Å². The van der Waals surface area contributed by atoms with Gasteiger partial charge < -0.3 is 0 Å². The van der Waals surface area contributed by atoms with Crippen molar-refractivity contribution in [3.63, 3.8) is 0 Å². The van der Waals surface area contributed by atoms with Crippen LogP contribution in [0.3, 0.4) is 0 Å². The first-order chi connectivity index (χ1) is 6.93. The SMILES string of the molecule is [Li][CH2]CCCCCCc1ccccc1. The van der Waals surface area contributed by atoms with Crippen molar-refractivity contribution in [1.82, 2.24) is 0 Å². The molecule has 0 spiro atoms. The number of aryl methyl sites for hydroxylation is 1. The van der Waals surface area contributed by atoms with E-state index in [1.54, 1.807) is 0 Å². The molecule has 0 saturated carbocycles. The summed E-state index contributed by atoms with van der Waals surface area (Å²) in [7, 11) is 0. The van der Waals surface area contributed by atoms with Gasteiger partial charge in [-0.25, -0.2) is 0 Å². The molecule has 14 heavy (non-hydrogen) atoms. The van der Waals surface area contributed by atoms with E-state index >= 15 is 0 Å². The second-order valence-corrected chi connectivity index (χ2v) is 4.00. The molecule has 0 amide bonds. The van der Waals surface area contributed by atoms with E-state index < -0.39 is 0 Å². The van der Waals surface area contributed by atoms with Gasteiger partial charge in [-0.1, -0.05) is 0 Å². The van der Waals surface area contributed by atoms with Crippen molar-refractivity contribution >= 4 is 17.7 Å². The summed E-state index contributed by atoms with van der Waals surface area (Å²) in [5, 5.41) is 1.35. The molecule has 1 heteroatoms. The van der Waals surface area contributed by atoms with Crippen LogP contribution in [0.1, 0.15) is 37.7 Å². The third-order valence-electron chi connectivity index (χ3n) is 2.66. The summed E-state index contributed by atoms with van der Waals surface area (Å²) in [5.74, 6) is 0. The predicted octanol–water partition coefficient (Wildman–Crippen LogP) is 3.77. The average Bonchev–Trinajstić information content (AvgIpc) is 2.25. The van der Waals surface area contributed by atoms with Crippen molar-refractivity contribution in [2.45, 2.75) is 43.6 Å². The zero-order chi connectivity index (χ0) is 10.1. The molecule has 0 aliphatic carbocycles. The second-order valence-electron chi connectivity index (χ2n) is 4.00. The van der Waals surface area contributed by atoms with Crippen LogP contribution in [0.15, 0.2) is 30.3 Å². The van der Waals surface area contributed by atoms with Crippen molar-refractivity contribution in [2.24, 2.45) is 0 Å². The van der Waals surface area contributed by atoms with Gasteiger partial charge in [0.25, 0.3) is 0 Å². The minimum atomic E-state index is 1.26. The molecule has 0 aliphatic heterocycles. The van der Waals surface area contributed by atoms with Crippen molar-refractivity contribution in [1.29, 1.82) is 0 Å². The standard InChI is InChI=1S/C13H19.Li/c1-2-3-4-5-7-10-13-11-8-6-9-12-13;/h6,8-9,11-12H,1-5,7,10H2;. The molecular formula is C13H19Li. The normalized spacial score (nSPS) is 10.4. The fourth-order valence-electron chi connectivity index (χ4n) is 1.75. The Morgan fingerprint density at radius 2 is 1.43 bits per heavy atom. The van der Waals surface area contributed by atoms with E-state index in [4.69, 9.17) is 0 Å². The van der Waals surface area contributed by atoms with Gasteiger partial charge in [0, 0.05) is 0 Å². The molecule has 0 atom stereocenters. The number of benzene rings is 1. The third kappa shape index (κ3) is 5.53. The molecule has 1 aromatic rings. The predicted molar refractivity (Wildman–Crippen MR) is 63.8 cm³/mol. The average molecular weight is 182 g/mol. The van der Waals surface area contributed by atoms with Gasteiger partial charge in [0.05, 0.1) is 0 Å². The summed E-state index contributed by atoms with van der Waals surface area (Å²) in [6.07, 6.45) is 8.26. The molecule has 0 N–H and O–H groups in total. The first kappa shape index (κ1) is 11.9. The summed E-state index contributed by atoms with van der Waals surface area (Å²) in [6.45, 7) is 0. The Kier molecular flexibility index (Phi) is 6.92. The molecule has 0 fully saturated rings. The number of hydrogen-bond donors (Lipinski definition) is 0. The van der Waals surface area contributed by atoms with Gasteiger partial charge >= 0.3 is 97.2 Å². The number of hydrogen-bond acceptors (Lipinski definition) is 0. The summed E-state index contributed by atoms with van der Waals surface area (Å²) >= 11 is 2.27. The van der Waals surface area contributed by atoms with Crippen LogP contribution in [-0.4, -0.2) is 17.7 Å². The van der Waals surface area contributed by atoms with Crippen LogP contribution in [0, 0.1) is 0 Å². The van der Waals surface area contributed by atoms with E-state index in [-0.39, 0.29) is 0 Å². The monoisotopic (exact) mass is 182 g/mol. The Hall–Kier alpha value is -0.183. The van der Waals surface area contributed by atoms with Crippen LogP contribution in [0.5, 0.6) is 0 Å². The Labute approximate surface area is 97.3 Å². The molecule has 0 heterocycles. The molecular weight excluding hydrogens is 163 g/mol. The molecule has 0 aliphatic rings. The Balaban J connectivity index is 1.99. The van der Waals surface area contributed by atoms with Crippen LogP contribution in [0.2, 0.25) is 5.09 Å². The maximum atomic E-state index is 2.27. The first-order valence-electron chi connectivity index (χ1n) is 5.97. The van der Waals surface area contributed by atoms with E-state index in [1.807, 2.05) is 0 Å². The van der Waals surface area contributed by atoms with Crippen molar-refractivity contribution in [2.75, 3.05) is 0 Å². The first-order valence-corrected chi connectivity index (χ1v) is 5.97. The van der Waals surface area contributed by atoms with Crippen molar-refractivity contribution in [3.05, 3.63) is 35.9 Å². The Morgan fingerprint density at radius 3 is 2.14 bits per heavy atom. The molecule has 0 aromatic heterocycles. The van der Waals surface area contributed by atoms with Gasteiger partial charge in [-0.05, 0) is 0 Å². The zero-order valence-corrected chi connectivity index (χ0v) is 9.34. The number of unbranched alkanes of at least 4 members (excludes halogenated alkanes) is 4. The molecule has 0 radical (unpaired) electrons. The van der Waals surface area contributed by atoms with Crippen molar-refractivity contribution in [3.8, 4) is 0 Å². The second kappa shape index (κ2) is 8.15.